The van der Waals surface area contributed by atoms with E-state index < -0.39 is 0 Å². The second-order valence-electron chi connectivity index (χ2n) is 6.79. The van der Waals surface area contributed by atoms with Crippen LogP contribution in [0, 0.1) is 0 Å². The Morgan fingerprint density at radius 3 is 2.42 bits per heavy atom. The Kier molecular flexibility index (Phi) is 5.61. The Hall–Kier alpha value is -1.75. The zero-order valence-corrected chi connectivity index (χ0v) is 14.9. The number of hydrogen-bond acceptors (Lipinski definition) is 4. The fourth-order valence-corrected chi connectivity index (χ4v) is 3.71. The first-order valence-corrected chi connectivity index (χ1v) is 9.11. The number of carbonyl (C=O) groups is 1. The second-order valence-corrected chi connectivity index (χ2v) is 6.79. The van der Waals surface area contributed by atoms with Gasteiger partial charge < -0.3 is 14.5 Å². The summed E-state index contributed by atoms with van der Waals surface area (Å²) in [7, 11) is 1.70. The van der Waals surface area contributed by atoms with E-state index >= 15 is 0 Å². The normalized spacial score (nSPS) is 20.8. The minimum atomic E-state index is -0.00411. The summed E-state index contributed by atoms with van der Waals surface area (Å²) in [5, 5.41) is 0. The largest absolute Gasteiger partial charge is 0.497 e. The fraction of sp³-hybridized carbons (Fsp3) is 0.632. The van der Waals surface area contributed by atoms with Gasteiger partial charge in [-0.3, -0.25) is 9.69 Å². The van der Waals surface area contributed by atoms with Gasteiger partial charge in [-0.15, -0.1) is 0 Å². The summed E-state index contributed by atoms with van der Waals surface area (Å²) in [4.78, 5) is 19.4. The number of likely N-dealkylation sites (tertiary alicyclic amines) is 1. The average molecular weight is 331 g/mol. The predicted octanol–water partition coefficient (Wildman–Crippen LogP) is 2.22. The van der Waals surface area contributed by atoms with Gasteiger partial charge in [-0.05, 0) is 38.3 Å². The number of hydrogen-bond donors (Lipinski definition) is 0. The van der Waals surface area contributed by atoms with Crippen LogP contribution in [0.15, 0.2) is 24.3 Å². The van der Waals surface area contributed by atoms with E-state index in [1.807, 2.05) is 12.1 Å². The molecular weight excluding hydrogens is 302 g/mol. The number of anilines is 1. The van der Waals surface area contributed by atoms with E-state index in [9.17, 15) is 4.79 Å². The molecule has 0 saturated carbocycles. The molecule has 2 aliphatic heterocycles. The van der Waals surface area contributed by atoms with Crippen LogP contribution in [0.25, 0.3) is 0 Å². The molecule has 1 aromatic carbocycles. The Morgan fingerprint density at radius 2 is 1.75 bits per heavy atom. The van der Waals surface area contributed by atoms with Gasteiger partial charge in [-0.1, -0.05) is 6.07 Å². The first-order valence-electron chi connectivity index (χ1n) is 9.11. The van der Waals surface area contributed by atoms with Crippen molar-refractivity contribution in [1.29, 1.82) is 0 Å². The highest BCUT2D eigenvalue weighted by atomic mass is 16.5. The second kappa shape index (κ2) is 7.88. The first-order chi connectivity index (χ1) is 11.7. The van der Waals surface area contributed by atoms with Crippen molar-refractivity contribution in [2.24, 2.45) is 0 Å². The Morgan fingerprint density at radius 1 is 1.04 bits per heavy atom. The smallest absolute Gasteiger partial charge is 0.239 e. The minimum Gasteiger partial charge on any atom is -0.497 e. The first kappa shape index (κ1) is 17.1. The molecule has 5 heteroatoms. The van der Waals surface area contributed by atoms with E-state index in [1.54, 1.807) is 7.11 Å². The van der Waals surface area contributed by atoms with Crippen molar-refractivity contribution >= 4 is 11.6 Å². The summed E-state index contributed by atoms with van der Waals surface area (Å²) < 4.78 is 5.32. The van der Waals surface area contributed by atoms with Gasteiger partial charge in [-0.2, -0.15) is 0 Å². The summed E-state index contributed by atoms with van der Waals surface area (Å²) in [6.07, 6.45) is 3.57. The standard InChI is InChI=1S/C19H29N3O2/c1-16(19(23)22-9-4-3-5-10-22)20-11-13-21(14-12-20)17-7-6-8-18(15-17)24-2/h6-8,15-16H,3-5,9-14H2,1-2H3. The molecule has 1 atom stereocenters. The van der Waals surface area contributed by atoms with Crippen LogP contribution < -0.4 is 9.64 Å². The lowest BCUT2D eigenvalue weighted by molar-refractivity contribution is -0.137. The molecule has 0 N–H and O–H groups in total. The maximum Gasteiger partial charge on any atom is 0.239 e. The molecule has 1 unspecified atom stereocenters. The summed E-state index contributed by atoms with van der Waals surface area (Å²) in [5.74, 6) is 1.20. The van der Waals surface area contributed by atoms with Crippen molar-refractivity contribution in [1.82, 2.24) is 9.80 Å². The van der Waals surface area contributed by atoms with Gasteiger partial charge in [0.2, 0.25) is 5.91 Å². The van der Waals surface area contributed by atoms with Crippen molar-refractivity contribution < 1.29 is 9.53 Å². The maximum atomic E-state index is 12.7. The predicted molar refractivity (Wildman–Crippen MR) is 96.7 cm³/mol. The van der Waals surface area contributed by atoms with E-state index in [0.717, 1.165) is 57.9 Å². The van der Waals surface area contributed by atoms with Crippen molar-refractivity contribution in [2.75, 3.05) is 51.3 Å². The number of methoxy groups -OCH3 is 1. The highest BCUT2D eigenvalue weighted by molar-refractivity contribution is 5.81. The Balaban J connectivity index is 1.55. The van der Waals surface area contributed by atoms with Crippen molar-refractivity contribution in [3.8, 4) is 5.75 Å². The lowest BCUT2D eigenvalue weighted by Crippen LogP contribution is -2.55. The van der Waals surface area contributed by atoms with Crippen LogP contribution in [0.4, 0.5) is 5.69 Å². The molecule has 2 saturated heterocycles. The van der Waals surface area contributed by atoms with Gasteiger partial charge >= 0.3 is 0 Å². The van der Waals surface area contributed by atoms with E-state index in [4.69, 9.17) is 4.74 Å². The third kappa shape index (κ3) is 3.83. The molecule has 0 bridgehead atoms. The summed E-state index contributed by atoms with van der Waals surface area (Å²) in [6, 6.07) is 8.20. The van der Waals surface area contributed by atoms with Gasteiger partial charge in [0, 0.05) is 51.0 Å². The van der Waals surface area contributed by atoms with Gasteiger partial charge in [0.1, 0.15) is 5.75 Å². The number of piperazine rings is 1. The van der Waals surface area contributed by atoms with E-state index in [1.165, 1.54) is 12.1 Å². The highest BCUT2D eigenvalue weighted by Crippen LogP contribution is 2.23. The molecule has 1 amide bonds. The molecule has 1 aromatic rings. The Bertz CT molecular complexity index is 549. The average Bonchev–Trinajstić information content (AvgIpc) is 2.67. The van der Waals surface area contributed by atoms with Crippen LogP contribution in [0.3, 0.4) is 0 Å². The van der Waals surface area contributed by atoms with Crippen LogP contribution >= 0.6 is 0 Å². The van der Waals surface area contributed by atoms with Crippen LogP contribution in [0.1, 0.15) is 26.2 Å². The van der Waals surface area contributed by atoms with E-state index in [2.05, 4.69) is 33.8 Å². The molecule has 0 aromatic heterocycles. The van der Waals surface area contributed by atoms with Crippen LogP contribution in [0.2, 0.25) is 0 Å². The molecule has 0 aliphatic carbocycles. The molecule has 0 spiro atoms. The molecule has 0 radical (unpaired) electrons. The Labute approximate surface area is 145 Å². The van der Waals surface area contributed by atoms with Gasteiger partial charge in [0.15, 0.2) is 0 Å². The number of amides is 1. The van der Waals surface area contributed by atoms with E-state index in [0.29, 0.717) is 5.91 Å². The molecule has 132 valence electrons. The highest BCUT2D eigenvalue weighted by Gasteiger charge is 2.29. The zero-order chi connectivity index (χ0) is 16.9. The van der Waals surface area contributed by atoms with Crippen LogP contribution in [-0.2, 0) is 4.79 Å². The number of ether oxygens (including phenoxy) is 1. The molecule has 2 fully saturated rings. The van der Waals surface area contributed by atoms with Crippen molar-refractivity contribution in [2.45, 2.75) is 32.2 Å². The maximum absolute atomic E-state index is 12.7. The fourth-order valence-electron chi connectivity index (χ4n) is 3.71. The molecule has 24 heavy (non-hydrogen) atoms. The third-order valence-electron chi connectivity index (χ3n) is 5.31. The van der Waals surface area contributed by atoms with Crippen molar-refractivity contribution in [3.05, 3.63) is 24.3 Å². The number of piperidine rings is 1. The molecular formula is C19H29N3O2. The molecule has 2 heterocycles. The summed E-state index contributed by atoms with van der Waals surface area (Å²) in [5.41, 5.74) is 1.20. The van der Waals surface area contributed by atoms with E-state index in [-0.39, 0.29) is 6.04 Å². The molecule has 2 aliphatic rings. The zero-order valence-electron chi connectivity index (χ0n) is 14.9. The van der Waals surface area contributed by atoms with Gasteiger partial charge in [0.25, 0.3) is 0 Å². The SMILES string of the molecule is COc1cccc(N2CCN(C(C)C(=O)N3CCCCC3)CC2)c1. The number of rotatable bonds is 4. The minimum absolute atomic E-state index is 0.00411. The number of benzene rings is 1. The molecule has 3 rings (SSSR count). The number of carbonyl (C=O) groups excluding carboxylic acids is 1. The van der Waals surface area contributed by atoms with Crippen LogP contribution in [0.5, 0.6) is 5.75 Å². The van der Waals surface area contributed by atoms with Gasteiger partial charge in [-0.25, -0.2) is 0 Å². The summed E-state index contributed by atoms with van der Waals surface area (Å²) >= 11 is 0. The topological polar surface area (TPSA) is 36.0 Å². The quantitative estimate of drug-likeness (QED) is 0.848. The molecule has 5 nitrogen and oxygen atoms in total. The van der Waals surface area contributed by atoms with Crippen molar-refractivity contribution in [3.63, 3.8) is 0 Å². The summed E-state index contributed by atoms with van der Waals surface area (Å²) in [6.45, 7) is 7.70. The monoisotopic (exact) mass is 331 g/mol. The number of nitrogens with zero attached hydrogens (tertiary/aromatic N) is 3. The van der Waals surface area contributed by atoms with Crippen LogP contribution in [-0.4, -0.2) is 68.1 Å². The lowest BCUT2D eigenvalue weighted by atomic mass is 10.1. The third-order valence-corrected chi connectivity index (χ3v) is 5.31. The van der Waals surface area contributed by atoms with Gasteiger partial charge in [0.05, 0.1) is 13.2 Å². The lowest BCUT2D eigenvalue weighted by Gasteiger charge is -2.40.